The van der Waals surface area contributed by atoms with Crippen molar-refractivity contribution in [3.63, 3.8) is 0 Å². The van der Waals surface area contributed by atoms with Crippen molar-refractivity contribution < 1.29 is 17.1 Å². The van der Waals surface area contributed by atoms with Gasteiger partial charge in [0.2, 0.25) is 0 Å². The molecule has 1 saturated carbocycles. The SMILES string of the molecule is [2H]C([2H])([2H])N(C)C([2H])([2H])[C@@H]1CCCC[C@@]1(O)c1cccc(O)c1. The number of hydrogen-bond donors (Lipinski definition) is 2. The summed E-state index contributed by atoms with van der Waals surface area (Å²) in [6.07, 6.45) is 2.14. The minimum absolute atomic E-state index is 0.00927. The molecule has 2 N–H and O–H groups in total. The van der Waals surface area contributed by atoms with E-state index in [9.17, 15) is 10.2 Å². The fraction of sp³-hybridized carbons (Fsp3) is 0.600. The molecule has 18 heavy (non-hydrogen) atoms. The number of rotatable bonds is 3. The molecule has 1 aromatic carbocycles. The van der Waals surface area contributed by atoms with Crippen LogP contribution in [0.25, 0.3) is 0 Å². The lowest BCUT2D eigenvalue weighted by Crippen LogP contribution is -2.43. The molecular weight excluding hydrogens is 226 g/mol. The molecule has 1 aromatic rings. The predicted octanol–water partition coefficient (Wildman–Crippen LogP) is 2.33. The zero-order valence-corrected chi connectivity index (χ0v) is 10.6. The van der Waals surface area contributed by atoms with Crippen molar-refractivity contribution in [1.29, 1.82) is 0 Å². The van der Waals surface area contributed by atoms with Crippen molar-refractivity contribution in [3.05, 3.63) is 29.8 Å². The highest BCUT2D eigenvalue weighted by molar-refractivity contribution is 5.32. The average molecular weight is 254 g/mol. The van der Waals surface area contributed by atoms with Gasteiger partial charge in [-0.25, -0.2) is 0 Å². The fourth-order valence-corrected chi connectivity index (χ4v) is 2.68. The van der Waals surface area contributed by atoms with Gasteiger partial charge in [0, 0.05) is 19.3 Å². The van der Waals surface area contributed by atoms with Gasteiger partial charge in [-0.15, -0.1) is 0 Å². The molecule has 3 nitrogen and oxygen atoms in total. The summed E-state index contributed by atoms with van der Waals surface area (Å²) in [5, 5.41) is 20.9. The van der Waals surface area contributed by atoms with Crippen LogP contribution < -0.4 is 0 Å². The predicted molar refractivity (Wildman–Crippen MR) is 72.5 cm³/mol. The molecule has 0 saturated heterocycles. The molecule has 2 atom stereocenters. The van der Waals surface area contributed by atoms with Crippen LogP contribution in [0.2, 0.25) is 0 Å². The third-order valence-corrected chi connectivity index (χ3v) is 3.57. The second kappa shape index (κ2) is 5.29. The Morgan fingerprint density at radius 2 is 2.39 bits per heavy atom. The van der Waals surface area contributed by atoms with Gasteiger partial charge in [0.15, 0.2) is 0 Å². The molecule has 2 rings (SSSR count). The lowest BCUT2D eigenvalue weighted by molar-refractivity contribution is -0.0619. The molecule has 0 heterocycles. The summed E-state index contributed by atoms with van der Waals surface area (Å²) in [4.78, 5) is 0.712. The van der Waals surface area contributed by atoms with Crippen LogP contribution >= 0.6 is 0 Å². The molecular formula is C15H23NO2. The number of aliphatic hydroxyl groups is 1. The molecule has 0 amide bonds. The van der Waals surface area contributed by atoms with E-state index in [2.05, 4.69) is 0 Å². The highest BCUT2D eigenvalue weighted by Crippen LogP contribution is 2.42. The van der Waals surface area contributed by atoms with Crippen molar-refractivity contribution in [2.24, 2.45) is 5.92 Å². The molecule has 0 radical (unpaired) electrons. The average Bonchev–Trinajstić information content (AvgIpc) is 2.45. The minimum Gasteiger partial charge on any atom is -0.508 e. The number of nitrogens with zero attached hydrogens (tertiary/aromatic N) is 1. The first-order chi connectivity index (χ1) is 10.5. The third-order valence-electron chi connectivity index (χ3n) is 3.57. The molecule has 0 aromatic heterocycles. The Morgan fingerprint density at radius 1 is 1.56 bits per heavy atom. The number of hydrogen-bond acceptors (Lipinski definition) is 3. The second-order valence-electron chi connectivity index (χ2n) is 4.96. The van der Waals surface area contributed by atoms with Crippen LogP contribution in [0.5, 0.6) is 5.75 Å². The summed E-state index contributed by atoms with van der Waals surface area (Å²) in [7, 11) is 1.21. The maximum Gasteiger partial charge on any atom is 0.115 e. The van der Waals surface area contributed by atoms with Crippen molar-refractivity contribution in [1.82, 2.24) is 4.90 Å². The van der Waals surface area contributed by atoms with Gasteiger partial charge in [-0.1, -0.05) is 25.0 Å². The van der Waals surface area contributed by atoms with E-state index < -0.39 is 25.0 Å². The molecule has 3 heteroatoms. The Balaban J connectivity index is 2.46. The van der Waals surface area contributed by atoms with Gasteiger partial charge < -0.3 is 15.1 Å². The molecule has 1 aliphatic rings. The number of phenols is 1. The first kappa shape index (κ1) is 8.18. The zero-order valence-electron chi connectivity index (χ0n) is 15.6. The van der Waals surface area contributed by atoms with Crippen molar-refractivity contribution in [3.8, 4) is 5.75 Å². The van der Waals surface area contributed by atoms with E-state index in [0.29, 0.717) is 23.3 Å². The van der Waals surface area contributed by atoms with E-state index in [1.54, 1.807) is 12.1 Å². The minimum atomic E-state index is -2.60. The van der Waals surface area contributed by atoms with Crippen LogP contribution in [0.15, 0.2) is 24.3 Å². The van der Waals surface area contributed by atoms with Gasteiger partial charge in [0.25, 0.3) is 0 Å². The largest absolute Gasteiger partial charge is 0.508 e. The van der Waals surface area contributed by atoms with Gasteiger partial charge >= 0.3 is 0 Å². The van der Waals surface area contributed by atoms with Gasteiger partial charge in [-0.05, 0) is 44.6 Å². The fourth-order valence-electron chi connectivity index (χ4n) is 2.68. The van der Waals surface area contributed by atoms with Crippen LogP contribution in [0.1, 0.15) is 38.1 Å². The van der Waals surface area contributed by atoms with E-state index in [-0.39, 0.29) is 5.75 Å². The van der Waals surface area contributed by atoms with Gasteiger partial charge in [0.1, 0.15) is 5.75 Å². The smallest absolute Gasteiger partial charge is 0.115 e. The third kappa shape index (κ3) is 2.68. The van der Waals surface area contributed by atoms with Crippen LogP contribution in [0.4, 0.5) is 0 Å². The summed E-state index contributed by atoms with van der Waals surface area (Å²) in [6, 6.07) is 6.14. The number of phenolic OH excluding ortho intramolecular Hbond substituents is 1. The monoisotopic (exact) mass is 254 g/mol. The maximum atomic E-state index is 11.2. The summed E-state index contributed by atoms with van der Waals surface area (Å²) in [5.41, 5.74) is -1.09. The lowest BCUT2D eigenvalue weighted by atomic mass is 9.71. The quantitative estimate of drug-likeness (QED) is 0.870. The van der Waals surface area contributed by atoms with Gasteiger partial charge in [0.05, 0.1) is 5.60 Å². The summed E-state index contributed by atoms with van der Waals surface area (Å²) >= 11 is 0. The van der Waals surface area contributed by atoms with E-state index >= 15 is 0 Å². The second-order valence-corrected chi connectivity index (χ2v) is 4.96. The van der Waals surface area contributed by atoms with E-state index in [1.165, 1.54) is 19.2 Å². The summed E-state index contributed by atoms with van der Waals surface area (Å²) in [5.74, 6) is -0.916. The van der Waals surface area contributed by atoms with Crippen molar-refractivity contribution in [2.75, 3.05) is 20.5 Å². The highest BCUT2D eigenvalue weighted by atomic mass is 16.3. The Hall–Kier alpha value is -1.06. The molecule has 0 bridgehead atoms. The van der Waals surface area contributed by atoms with E-state index in [1.807, 2.05) is 0 Å². The van der Waals surface area contributed by atoms with E-state index in [0.717, 1.165) is 12.8 Å². The molecule has 100 valence electrons. The molecule has 0 spiro atoms. The van der Waals surface area contributed by atoms with Gasteiger partial charge in [-0.2, -0.15) is 0 Å². The Labute approximate surface area is 116 Å². The highest BCUT2D eigenvalue weighted by Gasteiger charge is 2.40. The molecule has 0 aliphatic heterocycles. The molecule has 0 unspecified atom stereocenters. The molecule has 1 aliphatic carbocycles. The first-order valence-corrected chi connectivity index (χ1v) is 6.25. The van der Waals surface area contributed by atoms with Gasteiger partial charge in [-0.3, -0.25) is 0 Å². The maximum absolute atomic E-state index is 11.2. The normalized spacial score (nSPS) is 34.2. The Kier molecular flexibility index (Phi) is 2.40. The van der Waals surface area contributed by atoms with Crippen molar-refractivity contribution >= 4 is 0 Å². The standard InChI is InChI=1S/C15H23NO2/c1-16(2)11-13-6-3-4-9-15(13,18)12-7-5-8-14(17)10-12/h5,7-8,10,13,17-18H,3-4,6,9,11H2,1-2H3/t13-,15+/m0/s1/i1D3,11D2. The molecule has 1 fully saturated rings. The first-order valence-electron chi connectivity index (χ1n) is 8.75. The van der Waals surface area contributed by atoms with Crippen LogP contribution in [-0.4, -0.2) is 35.6 Å². The Morgan fingerprint density at radius 3 is 3.11 bits per heavy atom. The van der Waals surface area contributed by atoms with Crippen LogP contribution in [0.3, 0.4) is 0 Å². The van der Waals surface area contributed by atoms with Crippen molar-refractivity contribution in [2.45, 2.75) is 31.3 Å². The van der Waals surface area contributed by atoms with E-state index in [4.69, 9.17) is 6.85 Å². The Bertz CT molecular complexity index is 563. The number of benzene rings is 1. The summed E-state index contributed by atoms with van der Waals surface area (Å²) < 4.78 is 39.1. The van der Waals surface area contributed by atoms with Crippen LogP contribution in [0, 0.1) is 5.92 Å². The van der Waals surface area contributed by atoms with Crippen LogP contribution in [-0.2, 0) is 5.60 Å². The zero-order chi connectivity index (χ0) is 17.5. The lowest BCUT2D eigenvalue weighted by Gasteiger charge is -2.41. The summed E-state index contributed by atoms with van der Waals surface area (Å²) in [6.45, 7) is -4.81. The topological polar surface area (TPSA) is 43.7 Å². The number of aromatic hydroxyl groups is 1.